The number of nitrogens with zero attached hydrogens (tertiary/aromatic N) is 4. The van der Waals surface area contributed by atoms with Crippen molar-refractivity contribution in [3.05, 3.63) is 36.0 Å². The van der Waals surface area contributed by atoms with Crippen molar-refractivity contribution in [3.63, 3.8) is 0 Å². The minimum absolute atomic E-state index is 0.383. The highest BCUT2D eigenvalue weighted by atomic mass is 16.5. The maximum atomic E-state index is 5.63. The molecule has 6 heteroatoms. The van der Waals surface area contributed by atoms with Crippen molar-refractivity contribution in [1.82, 2.24) is 15.0 Å². The molecule has 0 radical (unpaired) electrons. The average molecular weight is 399 g/mol. The van der Waals surface area contributed by atoms with Gasteiger partial charge in [0.25, 0.3) is 0 Å². The van der Waals surface area contributed by atoms with Gasteiger partial charge in [0.2, 0.25) is 5.89 Å². The number of methoxy groups -OCH3 is 1. The number of ether oxygens (including phenoxy) is 1. The minimum atomic E-state index is 0.383. The van der Waals surface area contributed by atoms with Crippen LogP contribution in [0.4, 0.5) is 5.69 Å². The first-order chi connectivity index (χ1) is 14.1. The third-order valence-electron chi connectivity index (χ3n) is 6.28. The van der Waals surface area contributed by atoms with Crippen molar-refractivity contribution in [2.24, 2.45) is 5.92 Å². The molecule has 29 heavy (non-hydrogen) atoms. The number of hydrogen-bond acceptors (Lipinski definition) is 6. The number of hydrogen-bond donors (Lipinski definition) is 0. The number of piperidine rings is 2. The van der Waals surface area contributed by atoms with E-state index in [1.165, 1.54) is 31.5 Å². The van der Waals surface area contributed by atoms with Crippen molar-refractivity contribution in [2.45, 2.75) is 57.9 Å². The Balaban J connectivity index is 1.33. The summed E-state index contributed by atoms with van der Waals surface area (Å²) in [6.07, 6.45) is 5.66. The Bertz CT molecular complexity index is 783. The lowest BCUT2D eigenvalue weighted by molar-refractivity contribution is 0.118. The quantitative estimate of drug-likeness (QED) is 0.729. The second-order valence-corrected chi connectivity index (χ2v) is 8.90. The van der Waals surface area contributed by atoms with Crippen LogP contribution in [-0.2, 0) is 6.42 Å². The van der Waals surface area contributed by atoms with Crippen molar-refractivity contribution in [2.75, 3.05) is 38.2 Å². The zero-order valence-electron chi connectivity index (χ0n) is 18.0. The van der Waals surface area contributed by atoms with Gasteiger partial charge in [-0.05, 0) is 50.3 Å². The smallest absolute Gasteiger partial charge is 0.231 e. The van der Waals surface area contributed by atoms with Gasteiger partial charge in [-0.25, -0.2) is 0 Å². The van der Waals surface area contributed by atoms with Crippen LogP contribution in [0.2, 0.25) is 0 Å². The molecule has 3 heterocycles. The van der Waals surface area contributed by atoms with Gasteiger partial charge in [0.1, 0.15) is 5.75 Å². The molecule has 2 aromatic rings. The molecular formula is C23H34N4O2. The predicted molar refractivity (Wildman–Crippen MR) is 115 cm³/mol. The fourth-order valence-electron chi connectivity index (χ4n) is 4.72. The Hall–Kier alpha value is -2.08. The summed E-state index contributed by atoms with van der Waals surface area (Å²) in [6, 6.07) is 9.06. The lowest BCUT2D eigenvalue weighted by Gasteiger charge is -2.42. The first-order valence-corrected chi connectivity index (χ1v) is 11.1. The topological polar surface area (TPSA) is 54.6 Å². The van der Waals surface area contributed by atoms with E-state index in [-0.39, 0.29) is 0 Å². The molecule has 0 aliphatic carbocycles. The second-order valence-electron chi connectivity index (χ2n) is 8.90. The summed E-state index contributed by atoms with van der Waals surface area (Å²) in [6.45, 7) is 8.81. The maximum absolute atomic E-state index is 5.63. The number of likely N-dealkylation sites (tertiary alicyclic amines) is 1. The van der Waals surface area contributed by atoms with Crippen LogP contribution in [0.5, 0.6) is 5.75 Å². The summed E-state index contributed by atoms with van der Waals surface area (Å²) >= 11 is 0. The Morgan fingerprint density at radius 2 is 2.00 bits per heavy atom. The second kappa shape index (κ2) is 9.16. The molecule has 0 saturated carbocycles. The third kappa shape index (κ3) is 4.92. The molecule has 6 nitrogen and oxygen atoms in total. The Morgan fingerprint density at radius 1 is 1.17 bits per heavy atom. The van der Waals surface area contributed by atoms with Crippen LogP contribution in [0, 0.1) is 5.92 Å². The molecule has 2 saturated heterocycles. The van der Waals surface area contributed by atoms with Crippen LogP contribution >= 0.6 is 0 Å². The van der Waals surface area contributed by atoms with Gasteiger partial charge in [0.05, 0.1) is 13.0 Å². The van der Waals surface area contributed by atoms with Gasteiger partial charge in [0.15, 0.2) is 5.82 Å². The van der Waals surface area contributed by atoms with Crippen LogP contribution < -0.4 is 9.64 Å². The van der Waals surface area contributed by atoms with Crippen molar-refractivity contribution >= 4 is 5.69 Å². The van der Waals surface area contributed by atoms with E-state index in [0.717, 1.165) is 49.9 Å². The molecule has 2 aliphatic heterocycles. The number of anilines is 1. The average Bonchev–Trinajstić information content (AvgIpc) is 3.22. The molecule has 0 spiro atoms. The third-order valence-corrected chi connectivity index (χ3v) is 6.28. The van der Waals surface area contributed by atoms with Gasteiger partial charge in [-0.15, -0.1) is 0 Å². The summed E-state index contributed by atoms with van der Waals surface area (Å²) in [5.41, 5.74) is 1.27. The molecule has 2 fully saturated rings. The van der Waals surface area contributed by atoms with Gasteiger partial charge >= 0.3 is 0 Å². The number of rotatable bonds is 6. The molecule has 1 aromatic carbocycles. The van der Waals surface area contributed by atoms with E-state index < -0.39 is 0 Å². The fourth-order valence-corrected chi connectivity index (χ4v) is 4.72. The van der Waals surface area contributed by atoms with Crippen LogP contribution in [-0.4, -0.2) is 54.4 Å². The van der Waals surface area contributed by atoms with Gasteiger partial charge in [0, 0.05) is 43.9 Å². The molecule has 0 N–H and O–H groups in total. The predicted octanol–water partition coefficient (Wildman–Crippen LogP) is 4.13. The van der Waals surface area contributed by atoms with E-state index >= 15 is 0 Å². The fraction of sp³-hybridized carbons (Fsp3) is 0.652. The summed E-state index contributed by atoms with van der Waals surface area (Å²) in [7, 11) is 1.73. The minimum Gasteiger partial charge on any atom is -0.497 e. The van der Waals surface area contributed by atoms with Crippen LogP contribution in [0.3, 0.4) is 0 Å². The van der Waals surface area contributed by atoms with E-state index in [1.54, 1.807) is 7.11 Å². The number of benzene rings is 1. The highest BCUT2D eigenvalue weighted by Gasteiger charge is 2.31. The van der Waals surface area contributed by atoms with Crippen LogP contribution in [0.15, 0.2) is 28.8 Å². The zero-order valence-corrected chi connectivity index (χ0v) is 18.0. The van der Waals surface area contributed by atoms with Gasteiger partial charge in [-0.3, -0.25) is 4.90 Å². The van der Waals surface area contributed by atoms with Crippen LogP contribution in [0.25, 0.3) is 0 Å². The van der Waals surface area contributed by atoms with Gasteiger partial charge < -0.3 is 14.2 Å². The largest absolute Gasteiger partial charge is 0.497 e. The standard InChI is InChI=1S/C23H34N4O2/c1-17(2)14-22-24-23(29-25-22)18-6-5-11-27(16-18)19-9-12-26(13-10-19)20-7-4-8-21(15-20)28-3/h4,7-8,15,17-19H,5-6,9-14,16H2,1-3H3. The Morgan fingerprint density at radius 3 is 2.76 bits per heavy atom. The summed E-state index contributed by atoms with van der Waals surface area (Å²) in [5, 5.41) is 4.21. The normalized spacial score (nSPS) is 21.7. The highest BCUT2D eigenvalue weighted by Crippen LogP contribution is 2.31. The monoisotopic (exact) mass is 398 g/mol. The molecule has 158 valence electrons. The van der Waals surface area contributed by atoms with Crippen molar-refractivity contribution in [3.8, 4) is 5.75 Å². The van der Waals surface area contributed by atoms with E-state index in [4.69, 9.17) is 14.2 Å². The van der Waals surface area contributed by atoms with E-state index in [1.807, 2.05) is 6.07 Å². The van der Waals surface area contributed by atoms with Gasteiger partial charge in [-0.1, -0.05) is 25.1 Å². The lowest BCUT2D eigenvalue weighted by Crippen LogP contribution is -2.48. The maximum Gasteiger partial charge on any atom is 0.231 e. The Kier molecular flexibility index (Phi) is 6.38. The molecular weight excluding hydrogens is 364 g/mol. The van der Waals surface area contributed by atoms with Crippen LogP contribution in [0.1, 0.15) is 57.2 Å². The van der Waals surface area contributed by atoms with E-state index in [0.29, 0.717) is 17.9 Å². The van der Waals surface area contributed by atoms with E-state index in [9.17, 15) is 0 Å². The van der Waals surface area contributed by atoms with Crippen molar-refractivity contribution < 1.29 is 9.26 Å². The molecule has 1 aromatic heterocycles. The molecule has 1 atom stereocenters. The molecule has 0 bridgehead atoms. The molecule has 4 rings (SSSR count). The lowest BCUT2D eigenvalue weighted by atomic mass is 9.93. The molecule has 2 aliphatic rings. The molecule has 0 amide bonds. The highest BCUT2D eigenvalue weighted by molar-refractivity contribution is 5.51. The van der Waals surface area contributed by atoms with Gasteiger partial charge in [-0.2, -0.15) is 4.98 Å². The first kappa shape index (κ1) is 20.2. The number of aromatic nitrogens is 2. The zero-order chi connectivity index (χ0) is 20.2. The summed E-state index contributed by atoms with van der Waals surface area (Å²) < 4.78 is 11.0. The SMILES string of the molecule is COc1cccc(N2CCC(N3CCCC(c4nc(CC(C)C)no4)C3)CC2)c1. The first-order valence-electron chi connectivity index (χ1n) is 11.1. The summed E-state index contributed by atoms with van der Waals surface area (Å²) in [5.74, 6) is 3.57. The molecule has 1 unspecified atom stereocenters. The van der Waals surface area contributed by atoms with E-state index in [2.05, 4.69) is 47.0 Å². The van der Waals surface area contributed by atoms with Crippen molar-refractivity contribution in [1.29, 1.82) is 0 Å². The Labute approximate surface area is 174 Å². The summed E-state index contributed by atoms with van der Waals surface area (Å²) in [4.78, 5) is 9.85.